The molecular formula is C21H21ClN2O4S. The fourth-order valence-corrected chi connectivity index (χ4v) is 3.33. The van der Waals surface area contributed by atoms with Gasteiger partial charge in [0.2, 0.25) is 11.8 Å². The summed E-state index contributed by atoms with van der Waals surface area (Å²) in [4.78, 5) is 35.9. The highest BCUT2D eigenvalue weighted by Gasteiger charge is 2.16. The first kappa shape index (κ1) is 22.5. The molecule has 0 aliphatic carbocycles. The van der Waals surface area contributed by atoms with E-state index in [2.05, 4.69) is 10.6 Å². The average Bonchev–Trinajstić information content (AvgIpc) is 2.66. The van der Waals surface area contributed by atoms with E-state index >= 15 is 0 Å². The van der Waals surface area contributed by atoms with Gasteiger partial charge in [-0.2, -0.15) is 0 Å². The first-order valence-electron chi connectivity index (χ1n) is 8.72. The van der Waals surface area contributed by atoms with Gasteiger partial charge in [-0.1, -0.05) is 17.7 Å². The molecule has 0 saturated heterocycles. The zero-order valence-electron chi connectivity index (χ0n) is 16.2. The van der Waals surface area contributed by atoms with Gasteiger partial charge in [0.05, 0.1) is 5.25 Å². The maximum Gasteiger partial charge on any atom is 0.331 e. The summed E-state index contributed by atoms with van der Waals surface area (Å²) >= 11 is 7.46. The molecule has 0 spiro atoms. The van der Waals surface area contributed by atoms with Gasteiger partial charge in [-0.05, 0) is 62.7 Å². The zero-order valence-corrected chi connectivity index (χ0v) is 17.7. The van der Waals surface area contributed by atoms with Crippen LogP contribution in [0.15, 0.2) is 59.0 Å². The Bertz CT molecular complexity index is 958. The minimum absolute atomic E-state index is 0.0514. The van der Waals surface area contributed by atoms with Gasteiger partial charge in [0.25, 0.3) is 0 Å². The first-order valence-corrected chi connectivity index (χ1v) is 9.98. The number of anilines is 2. The van der Waals surface area contributed by atoms with Crippen molar-refractivity contribution < 1.29 is 19.5 Å². The Morgan fingerprint density at radius 3 is 2.38 bits per heavy atom. The molecular weight excluding hydrogens is 412 g/mol. The average molecular weight is 433 g/mol. The van der Waals surface area contributed by atoms with E-state index in [4.69, 9.17) is 16.7 Å². The van der Waals surface area contributed by atoms with Crippen LogP contribution in [0.3, 0.4) is 0 Å². The monoisotopic (exact) mass is 432 g/mol. The van der Waals surface area contributed by atoms with E-state index in [0.29, 0.717) is 16.4 Å². The molecule has 2 aromatic carbocycles. The highest BCUT2D eigenvalue weighted by molar-refractivity contribution is 8.00. The second-order valence-electron chi connectivity index (χ2n) is 6.31. The number of carboxylic acids is 1. The van der Waals surface area contributed by atoms with Crippen molar-refractivity contribution >= 4 is 52.5 Å². The number of nitrogens with one attached hydrogen (secondary N) is 2. The van der Waals surface area contributed by atoms with Crippen molar-refractivity contribution in [2.75, 3.05) is 10.6 Å². The largest absolute Gasteiger partial charge is 0.478 e. The highest BCUT2D eigenvalue weighted by Crippen LogP contribution is 2.27. The number of halogens is 1. The number of carboxylic acid groups (broad SMARTS) is 1. The number of benzene rings is 2. The van der Waals surface area contributed by atoms with Crippen LogP contribution in [0.2, 0.25) is 5.02 Å². The second kappa shape index (κ2) is 10.1. The Morgan fingerprint density at radius 2 is 1.76 bits per heavy atom. The minimum Gasteiger partial charge on any atom is -0.478 e. The molecule has 29 heavy (non-hydrogen) atoms. The molecule has 0 aliphatic rings. The summed E-state index contributed by atoms with van der Waals surface area (Å²) in [5, 5.41) is 14.5. The van der Waals surface area contributed by atoms with Gasteiger partial charge >= 0.3 is 5.97 Å². The molecule has 0 heterocycles. The summed E-state index contributed by atoms with van der Waals surface area (Å²) in [6.07, 6.45) is 1.02. The predicted molar refractivity (Wildman–Crippen MR) is 117 cm³/mol. The van der Waals surface area contributed by atoms with Crippen LogP contribution in [0, 0.1) is 6.92 Å². The van der Waals surface area contributed by atoms with E-state index < -0.39 is 11.9 Å². The topological polar surface area (TPSA) is 95.5 Å². The summed E-state index contributed by atoms with van der Waals surface area (Å²) in [6.45, 7) is 4.99. The molecule has 3 N–H and O–H groups in total. The Hall–Kier alpha value is -2.77. The lowest BCUT2D eigenvalue weighted by Gasteiger charge is -2.14. The van der Waals surface area contributed by atoms with E-state index in [1.807, 2.05) is 6.92 Å². The number of hydrogen-bond acceptors (Lipinski definition) is 4. The van der Waals surface area contributed by atoms with Crippen LogP contribution < -0.4 is 10.6 Å². The summed E-state index contributed by atoms with van der Waals surface area (Å²) in [5.41, 5.74) is 1.97. The number of aliphatic carboxylic acids is 1. The van der Waals surface area contributed by atoms with Crippen molar-refractivity contribution in [1.29, 1.82) is 0 Å². The summed E-state index contributed by atoms with van der Waals surface area (Å²) in [7, 11) is 0. The highest BCUT2D eigenvalue weighted by atomic mass is 35.5. The number of amides is 2. The van der Waals surface area contributed by atoms with Gasteiger partial charge in [-0.3, -0.25) is 9.59 Å². The fourth-order valence-electron chi connectivity index (χ4n) is 2.29. The summed E-state index contributed by atoms with van der Waals surface area (Å²) < 4.78 is 0. The van der Waals surface area contributed by atoms with E-state index in [9.17, 15) is 14.4 Å². The fraction of sp³-hybridized carbons (Fsp3) is 0.190. The van der Waals surface area contributed by atoms with E-state index in [0.717, 1.165) is 16.5 Å². The van der Waals surface area contributed by atoms with Crippen LogP contribution >= 0.6 is 23.4 Å². The molecule has 2 rings (SSSR count). The smallest absolute Gasteiger partial charge is 0.331 e. The van der Waals surface area contributed by atoms with Gasteiger partial charge in [-0.15, -0.1) is 11.8 Å². The Morgan fingerprint density at radius 1 is 1.10 bits per heavy atom. The Labute approximate surface area is 178 Å². The molecule has 0 fully saturated rings. The molecule has 0 bridgehead atoms. The Balaban J connectivity index is 1.95. The molecule has 0 saturated carbocycles. The van der Waals surface area contributed by atoms with E-state index in [1.165, 1.54) is 18.7 Å². The molecule has 2 amide bonds. The minimum atomic E-state index is -1.15. The summed E-state index contributed by atoms with van der Waals surface area (Å²) in [5.74, 6) is -1.81. The summed E-state index contributed by atoms with van der Waals surface area (Å²) in [6, 6.07) is 12.3. The van der Waals surface area contributed by atoms with Gasteiger partial charge in [0.1, 0.15) is 0 Å². The van der Waals surface area contributed by atoms with E-state index in [1.54, 1.807) is 49.4 Å². The van der Waals surface area contributed by atoms with Crippen molar-refractivity contribution in [3.8, 4) is 0 Å². The second-order valence-corrected chi connectivity index (χ2v) is 8.13. The molecule has 0 aliphatic heterocycles. The van der Waals surface area contributed by atoms with Crippen LogP contribution in [0.4, 0.5) is 11.4 Å². The van der Waals surface area contributed by atoms with Gasteiger partial charge in [-0.25, -0.2) is 4.79 Å². The molecule has 1 atom stereocenters. The van der Waals surface area contributed by atoms with Gasteiger partial charge in [0, 0.05) is 32.9 Å². The van der Waals surface area contributed by atoms with Gasteiger partial charge < -0.3 is 15.7 Å². The molecule has 0 radical (unpaired) electrons. The van der Waals surface area contributed by atoms with Gasteiger partial charge in [0.15, 0.2) is 0 Å². The lowest BCUT2D eigenvalue weighted by atomic mass is 10.2. The van der Waals surface area contributed by atoms with Crippen LogP contribution in [0.5, 0.6) is 0 Å². The molecule has 0 unspecified atom stereocenters. The standard InChI is InChI=1S/C21H21ClN2O4S/c1-12(21(27)28)11-19(25)23-15-7-9-16(10-8-15)29-14(3)20(26)24-18-6-4-5-17(22)13(18)2/h4-11,14H,1-3H3,(H,23,25)(H,24,26)(H,27,28)/b12-11-/t14-/m0/s1. The lowest BCUT2D eigenvalue weighted by Crippen LogP contribution is -2.22. The van der Waals surface area contributed by atoms with Crippen molar-refractivity contribution in [3.05, 3.63) is 64.7 Å². The normalized spacial score (nSPS) is 12.2. The van der Waals surface area contributed by atoms with Crippen LogP contribution in [-0.2, 0) is 14.4 Å². The van der Waals surface area contributed by atoms with Crippen LogP contribution in [0.1, 0.15) is 19.4 Å². The zero-order chi connectivity index (χ0) is 21.6. The number of carbonyl (C=O) groups is 3. The Kier molecular flexibility index (Phi) is 7.87. The number of rotatable bonds is 7. The van der Waals surface area contributed by atoms with Crippen LogP contribution in [-0.4, -0.2) is 28.1 Å². The van der Waals surface area contributed by atoms with Crippen molar-refractivity contribution in [3.63, 3.8) is 0 Å². The van der Waals surface area contributed by atoms with Crippen molar-refractivity contribution in [2.45, 2.75) is 30.9 Å². The predicted octanol–water partition coefficient (Wildman–Crippen LogP) is 4.74. The number of hydrogen-bond donors (Lipinski definition) is 3. The SMILES string of the molecule is C/C(=C/C(=O)Nc1ccc(S[C@@H](C)C(=O)Nc2cccc(Cl)c2C)cc1)C(=O)O. The van der Waals surface area contributed by atoms with E-state index in [-0.39, 0.29) is 16.7 Å². The molecule has 6 nitrogen and oxygen atoms in total. The third-order valence-corrected chi connectivity index (χ3v) is 5.54. The van der Waals surface area contributed by atoms with Crippen LogP contribution in [0.25, 0.3) is 0 Å². The third kappa shape index (κ3) is 6.66. The number of thioether (sulfide) groups is 1. The first-order chi connectivity index (χ1) is 13.7. The quantitative estimate of drug-likeness (QED) is 0.434. The van der Waals surface area contributed by atoms with Crippen molar-refractivity contribution in [2.24, 2.45) is 0 Å². The molecule has 0 aromatic heterocycles. The molecule has 152 valence electrons. The lowest BCUT2D eigenvalue weighted by molar-refractivity contribution is -0.132. The molecule has 8 heteroatoms. The maximum atomic E-state index is 12.5. The molecule has 2 aromatic rings. The van der Waals surface area contributed by atoms with Crippen molar-refractivity contribution in [1.82, 2.24) is 0 Å². The third-order valence-electron chi connectivity index (χ3n) is 4.01. The maximum absolute atomic E-state index is 12.5. The number of carbonyl (C=O) groups excluding carboxylic acids is 2.